The van der Waals surface area contributed by atoms with Crippen LogP contribution in [0.5, 0.6) is 17.2 Å². The molecule has 0 aliphatic rings. The Hall–Kier alpha value is -4.00. The summed E-state index contributed by atoms with van der Waals surface area (Å²) >= 11 is 0. The van der Waals surface area contributed by atoms with E-state index in [0.29, 0.717) is 22.3 Å². The second-order valence-corrected chi connectivity index (χ2v) is 14.8. The molecule has 0 amide bonds. The summed E-state index contributed by atoms with van der Waals surface area (Å²) in [6.45, 7) is 14.5. The highest BCUT2D eigenvalue weighted by molar-refractivity contribution is 5.92. The third kappa shape index (κ3) is 9.55. The Kier molecular flexibility index (Phi) is 13.1. The summed E-state index contributed by atoms with van der Waals surface area (Å²) in [4.78, 5) is 24.4. The Morgan fingerprint density at radius 2 is 0.896 bits per heavy atom. The molecule has 0 fully saturated rings. The van der Waals surface area contributed by atoms with Crippen molar-refractivity contribution in [1.82, 2.24) is 0 Å². The number of aryl methyl sites for hydroxylation is 1. The van der Waals surface area contributed by atoms with Crippen LogP contribution in [0.15, 0.2) is 36.4 Å². The molecule has 5 N–H and O–H groups in total. The van der Waals surface area contributed by atoms with Crippen LogP contribution in [0.1, 0.15) is 165 Å². The summed E-state index contributed by atoms with van der Waals surface area (Å²) in [7, 11) is 0. The van der Waals surface area contributed by atoms with Gasteiger partial charge < -0.3 is 25.5 Å². The molecule has 0 aromatic heterocycles. The van der Waals surface area contributed by atoms with Crippen LogP contribution >= 0.6 is 0 Å². The first-order valence-corrected chi connectivity index (χ1v) is 17.5. The van der Waals surface area contributed by atoms with Crippen LogP contribution in [-0.2, 0) is 23.7 Å². The van der Waals surface area contributed by atoms with Crippen molar-refractivity contribution < 1.29 is 35.1 Å². The molecule has 0 heterocycles. The van der Waals surface area contributed by atoms with Crippen LogP contribution in [0, 0.1) is 6.92 Å². The fraction of sp³-hybridized carbons (Fsp3) is 0.512. The Balaban J connectivity index is 2.05. The normalized spacial score (nSPS) is 12.0. The van der Waals surface area contributed by atoms with Crippen molar-refractivity contribution in [1.29, 1.82) is 0 Å². The van der Waals surface area contributed by atoms with Crippen molar-refractivity contribution in [2.75, 3.05) is 0 Å². The summed E-state index contributed by atoms with van der Waals surface area (Å²) in [5, 5.41) is 53.7. The van der Waals surface area contributed by atoms with Crippen molar-refractivity contribution in [3.63, 3.8) is 0 Å². The zero-order valence-corrected chi connectivity index (χ0v) is 30.0. The van der Waals surface area contributed by atoms with Crippen LogP contribution in [0.25, 0.3) is 0 Å². The molecule has 0 radical (unpaired) electrons. The average molecular weight is 661 g/mol. The molecule has 0 saturated carbocycles. The number of hydrogen-bond donors (Lipinski definition) is 5. The minimum atomic E-state index is -1.22. The lowest BCUT2D eigenvalue weighted by Crippen LogP contribution is -2.19. The maximum absolute atomic E-state index is 12.2. The fourth-order valence-electron chi connectivity index (χ4n) is 6.66. The molecule has 3 aromatic carbocycles. The van der Waals surface area contributed by atoms with Crippen LogP contribution < -0.4 is 0 Å². The highest BCUT2D eigenvalue weighted by Gasteiger charge is 2.28. The molecule has 0 unspecified atom stereocenters. The van der Waals surface area contributed by atoms with Gasteiger partial charge in [-0.2, -0.15) is 0 Å². The Labute approximate surface area is 286 Å². The van der Waals surface area contributed by atoms with Gasteiger partial charge in [-0.1, -0.05) is 123 Å². The van der Waals surface area contributed by atoms with E-state index in [4.69, 9.17) is 0 Å². The molecule has 0 spiro atoms. The van der Waals surface area contributed by atoms with E-state index in [2.05, 4.69) is 41.5 Å². The number of rotatable bonds is 18. The predicted octanol–water partition coefficient (Wildman–Crippen LogP) is 10.2. The third-order valence-electron chi connectivity index (χ3n) is 9.89. The second kappa shape index (κ2) is 16.4. The number of benzene rings is 3. The number of phenolic OH excluding ortho intramolecular Hbond substituents is 1. The first-order valence-electron chi connectivity index (χ1n) is 17.5. The summed E-state index contributed by atoms with van der Waals surface area (Å²) in [6.07, 6.45) is 10.6. The number of aromatic hydroxyl groups is 3. The Morgan fingerprint density at radius 3 is 1.23 bits per heavy atom. The summed E-state index contributed by atoms with van der Waals surface area (Å²) in [6, 6.07) is 10.4. The lowest BCUT2D eigenvalue weighted by molar-refractivity contribution is 0.0682. The highest BCUT2D eigenvalue weighted by atomic mass is 16.4. The Morgan fingerprint density at radius 1 is 0.542 bits per heavy atom. The summed E-state index contributed by atoms with van der Waals surface area (Å²) < 4.78 is 0. The first-order chi connectivity index (χ1) is 22.5. The van der Waals surface area contributed by atoms with Crippen molar-refractivity contribution in [2.24, 2.45) is 0 Å². The molecule has 0 atom stereocenters. The van der Waals surface area contributed by atoms with Crippen LogP contribution in [0.3, 0.4) is 0 Å². The quantitative estimate of drug-likeness (QED) is 0.0857. The van der Waals surface area contributed by atoms with Crippen molar-refractivity contribution in [3.05, 3.63) is 86.5 Å². The number of phenols is 3. The van der Waals surface area contributed by atoms with E-state index in [-0.39, 0.29) is 52.0 Å². The molecular formula is C41H56O7. The van der Waals surface area contributed by atoms with Crippen molar-refractivity contribution >= 4 is 11.9 Å². The van der Waals surface area contributed by atoms with Crippen molar-refractivity contribution in [2.45, 2.75) is 136 Å². The van der Waals surface area contributed by atoms with Gasteiger partial charge >= 0.3 is 11.9 Å². The smallest absolute Gasteiger partial charge is 0.339 e. The maximum Gasteiger partial charge on any atom is 0.339 e. The van der Waals surface area contributed by atoms with E-state index in [1.807, 2.05) is 19.1 Å². The summed E-state index contributed by atoms with van der Waals surface area (Å²) in [5.74, 6) is -3.13. The molecule has 7 heteroatoms. The van der Waals surface area contributed by atoms with Crippen LogP contribution in [0.4, 0.5) is 0 Å². The fourth-order valence-corrected chi connectivity index (χ4v) is 6.66. The van der Waals surface area contributed by atoms with Gasteiger partial charge in [-0.15, -0.1) is 0 Å². The van der Waals surface area contributed by atoms with Gasteiger partial charge in [-0.3, -0.25) is 0 Å². The standard InChI is InChI=1S/C41H56O7/c1-8-10-12-14-16-40(4,5)31-22-29(36(43)33(24-31)38(45)46)20-27-18-26(3)19-28(35(27)42)21-30-23-32(25-34(37(30)44)39(47)48)41(6,7)17-15-13-11-9-2/h18-19,22-25,42-44H,8-17,20-21H2,1-7H3,(H,45,46)(H,47,48). The molecule has 0 aliphatic carbocycles. The molecule has 0 bridgehead atoms. The van der Waals surface area contributed by atoms with Gasteiger partial charge in [0, 0.05) is 12.8 Å². The average Bonchev–Trinajstić information content (AvgIpc) is 3.01. The lowest BCUT2D eigenvalue weighted by atomic mass is 9.78. The van der Waals surface area contributed by atoms with Gasteiger partial charge in [0.2, 0.25) is 0 Å². The Bertz CT molecular complexity index is 1480. The van der Waals surface area contributed by atoms with Gasteiger partial charge in [0.1, 0.15) is 28.4 Å². The molecule has 48 heavy (non-hydrogen) atoms. The predicted molar refractivity (Wildman–Crippen MR) is 192 cm³/mol. The zero-order chi connectivity index (χ0) is 35.8. The SMILES string of the molecule is CCCCCCC(C)(C)c1cc(Cc2cc(C)cc(Cc3cc(C(C)(C)CCCCCC)cc(C(=O)O)c3O)c2O)c(O)c(C(=O)O)c1. The topological polar surface area (TPSA) is 135 Å². The number of carbonyl (C=O) groups is 2. The first kappa shape index (κ1) is 38.4. The van der Waals surface area contributed by atoms with Gasteiger partial charge in [0.05, 0.1) is 0 Å². The maximum atomic E-state index is 12.2. The second-order valence-electron chi connectivity index (χ2n) is 14.8. The van der Waals surface area contributed by atoms with E-state index in [9.17, 15) is 35.1 Å². The molecule has 7 nitrogen and oxygen atoms in total. The van der Waals surface area contributed by atoms with Gasteiger partial charge in [0.25, 0.3) is 0 Å². The van der Waals surface area contributed by atoms with E-state index in [1.165, 1.54) is 0 Å². The monoisotopic (exact) mass is 660 g/mol. The number of aromatic carboxylic acids is 2. The van der Waals surface area contributed by atoms with Gasteiger partial charge in [-0.05, 0) is 76.1 Å². The molecular weight excluding hydrogens is 604 g/mol. The number of unbranched alkanes of at least 4 members (excludes halogenated alkanes) is 6. The molecule has 0 saturated heterocycles. The largest absolute Gasteiger partial charge is 0.507 e. The van der Waals surface area contributed by atoms with E-state index >= 15 is 0 Å². The number of carboxylic acid groups (broad SMARTS) is 2. The molecule has 3 rings (SSSR count). The van der Waals surface area contributed by atoms with E-state index in [0.717, 1.165) is 80.9 Å². The number of hydrogen-bond acceptors (Lipinski definition) is 5. The molecule has 262 valence electrons. The van der Waals surface area contributed by atoms with Gasteiger partial charge in [0.15, 0.2) is 0 Å². The summed E-state index contributed by atoms with van der Waals surface area (Å²) in [5.41, 5.74) is 3.28. The highest BCUT2D eigenvalue weighted by Crippen LogP contribution is 2.40. The van der Waals surface area contributed by atoms with Crippen LogP contribution in [0.2, 0.25) is 0 Å². The third-order valence-corrected chi connectivity index (χ3v) is 9.89. The van der Waals surface area contributed by atoms with Gasteiger partial charge in [-0.25, -0.2) is 9.59 Å². The minimum absolute atomic E-state index is 0.0402. The molecule has 3 aromatic rings. The number of carboxylic acids is 2. The lowest BCUT2D eigenvalue weighted by Gasteiger charge is -2.27. The van der Waals surface area contributed by atoms with Crippen LogP contribution in [-0.4, -0.2) is 37.5 Å². The zero-order valence-electron chi connectivity index (χ0n) is 30.0. The van der Waals surface area contributed by atoms with E-state index < -0.39 is 11.9 Å². The minimum Gasteiger partial charge on any atom is -0.507 e. The van der Waals surface area contributed by atoms with E-state index in [1.54, 1.807) is 24.3 Å². The molecule has 0 aliphatic heterocycles. The van der Waals surface area contributed by atoms with Crippen molar-refractivity contribution in [3.8, 4) is 17.2 Å².